The Bertz CT molecular complexity index is 627. The third-order valence-electron chi connectivity index (χ3n) is 4.22. The number of aromatic nitrogens is 1. The number of rotatable bonds is 4. The summed E-state index contributed by atoms with van der Waals surface area (Å²) in [6.07, 6.45) is 4.53. The molecule has 2 aromatic rings. The lowest BCUT2D eigenvalue weighted by Gasteiger charge is -2.36. The molecule has 0 bridgehead atoms. The number of aliphatic hydroxyl groups is 1. The summed E-state index contributed by atoms with van der Waals surface area (Å²) < 4.78 is 19.0. The number of halogens is 1. The standard InChI is InChI=1S/C17H21FN2O2/c1-12(21)15-7-2-3-8-20(15)11-17-19-10-16(22-17)13-5-4-6-14(18)9-13/h4-6,9-10,12,15,21H,2-3,7-8,11H2,1H3. The SMILES string of the molecule is CC(O)C1CCCCN1Cc1ncc(-c2cccc(F)c2)o1. The van der Waals surface area contributed by atoms with Crippen LogP contribution in [0, 0.1) is 5.82 Å². The Hall–Kier alpha value is -1.72. The maximum Gasteiger partial charge on any atom is 0.209 e. The van der Waals surface area contributed by atoms with Gasteiger partial charge >= 0.3 is 0 Å². The van der Waals surface area contributed by atoms with Crippen molar-refractivity contribution >= 4 is 0 Å². The Kier molecular flexibility index (Phi) is 4.55. The molecule has 118 valence electrons. The number of benzene rings is 1. The van der Waals surface area contributed by atoms with E-state index in [0.29, 0.717) is 23.8 Å². The van der Waals surface area contributed by atoms with Crippen LogP contribution in [-0.4, -0.2) is 33.7 Å². The maximum atomic E-state index is 13.3. The molecule has 2 unspecified atom stereocenters. The monoisotopic (exact) mass is 304 g/mol. The molecular formula is C17H21FN2O2. The molecular weight excluding hydrogens is 283 g/mol. The minimum absolute atomic E-state index is 0.151. The zero-order valence-electron chi connectivity index (χ0n) is 12.7. The van der Waals surface area contributed by atoms with Crippen LogP contribution < -0.4 is 0 Å². The second kappa shape index (κ2) is 6.58. The van der Waals surface area contributed by atoms with Gasteiger partial charge in [-0.05, 0) is 38.4 Å². The smallest absolute Gasteiger partial charge is 0.209 e. The van der Waals surface area contributed by atoms with E-state index in [1.165, 1.54) is 12.1 Å². The van der Waals surface area contributed by atoms with Gasteiger partial charge in [0.15, 0.2) is 5.76 Å². The molecule has 22 heavy (non-hydrogen) atoms. The zero-order valence-corrected chi connectivity index (χ0v) is 12.7. The van der Waals surface area contributed by atoms with Gasteiger partial charge in [0.2, 0.25) is 5.89 Å². The van der Waals surface area contributed by atoms with E-state index in [9.17, 15) is 9.50 Å². The van der Waals surface area contributed by atoms with E-state index in [0.717, 1.165) is 25.8 Å². The molecule has 1 fully saturated rings. The first-order valence-electron chi connectivity index (χ1n) is 7.76. The van der Waals surface area contributed by atoms with Crippen molar-refractivity contribution in [1.82, 2.24) is 9.88 Å². The highest BCUT2D eigenvalue weighted by Gasteiger charge is 2.27. The van der Waals surface area contributed by atoms with Gasteiger partial charge in [-0.2, -0.15) is 0 Å². The van der Waals surface area contributed by atoms with Crippen LogP contribution >= 0.6 is 0 Å². The molecule has 5 heteroatoms. The fourth-order valence-electron chi connectivity index (χ4n) is 3.09. The van der Waals surface area contributed by atoms with Crippen LogP contribution in [0.4, 0.5) is 4.39 Å². The highest BCUT2D eigenvalue weighted by atomic mass is 19.1. The van der Waals surface area contributed by atoms with Crippen LogP contribution in [0.2, 0.25) is 0 Å². The van der Waals surface area contributed by atoms with Crippen LogP contribution in [0.15, 0.2) is 34.9 Å². The molecule has 0 radical (unpaired) electrons. The molecule has 0 spiro atoms. The summed E-state index contributed by atoms with van der Waals surface area (Å²) in [7, 11) is 0. The highest BCUT2D eigenvalue weighted by Crippen LogP contribution is 2.25. The lowest BCUT2D eigenvalue weighted by atomic mass is 9.98. The summed E-state index contributed by atoms with van der Waals surface area (Å²) in [6, 6.07) is 6.44. The Balaban J connectivity index is 1.73. The number of hydrogen-bond acceptors (Lipinski definition) is 4. The normalized spacial score (nSPS) is 21.0. The van der Waals surface area contributed by atoms with Crippen molar-refractivity contribution < 1.29 is 13.9 Å². The average molecular weight is 304 g/mol. The van der Waals surface area contributed by atoms with Gasteiger partial charge in [0.25, 0.3) is 0 Å². The lowest BCUT2D eigenvalue weighted by molar-refractivity contribution is 0.0271. The summed E-state index contributed by atoms with van der Waals surface area (Å²) in [5.41, 5.74) is 0.685. The van der Waals surface area contributed by atoms with Crippen molar-refractivity contribution in [2.45, 2.75) is 44.9 Å². The number of piperidine rings is 1. The van der Waals surface area contributed by atoms with E-state index >= 15 is 0 Å². The maximum absolute atomic E-state index is 13.3. The second-order valence-electron chi connectivity index (χ2n) is 5.90. The highest BCUT2D eigenvalue weighted by molar-refractivity contribution is 5.56. The van der Waals surface area contributed by atoms with Crippen molar-refractivity contribution in [1.29, 1.82) is 0 Å². The van der Waals surface area contributed by atoms with E-state index in [1.807, 2.05) is 6.92 Å². The third-order valence-corrected chi connectivity index (χ3v) is 4.22. The van der Waals surface area contributed by atoms with Crippen LogP contribution in [-0.2, 0) is 6.54 Å². The number of aliphatic hydroxyl groups excluding tert-OH is 1. The first kappa shape index (κ1) is 15.2. The van der Waals surface area contributed by atoms with Crippen LogP contribution in [0.1, 0.15) is 32.1 Å². The first-order chi connectivity index (χ1) is 10.6. The third kappa shape index (κ3) is 3.36. The quantitative estimate of drug-likeness (QED) is 0.942. The van der Waals surface area contributed by atoms with Gasteiger partial charge in [-0.25, -0.2) is 9.37 Å². The summed E-state index contributed by atoms with van der Waals surface area (Å²) in [5.74, 6) is 0.882. The second-order valence-corrected chi connectivity index (χ2v) is 5.90. The predicted molar refractivity (Wildman–Crippen MR) is 81.6 cm³/mol. The zero-order chi connectivity index (χ0) is 15.5. The molecule has 1 N–H and O–H groups in total. The average Bonchev–Trinajstić information content (AvgIpc) is 2.96. The van der Waals surface area contributed by atoms with Gasteiger partial charge in [0.1, 0.15) is 5.82 Å². The van der Waals surface area contributed by atoms with Gasteiger partial charge in [-0.1, -0.05) is 18.6 Å². The molecule has 2 heterocycles. The van der Waals surface area contributed by atoms with Crippen molar-refractivity contribution in [3.8, 4) is 11.3 Å². The largest absolute Gasteiger partial charge is 0.439 e. The lowest BCUT2D eigenvalue weighted by Crippen LogP contribution is -2.45. The van der Waals surface area contributed by atoms with Crippen LogP contribution in [0.5, 0.6) is 0 Å². The summed E-state index contributed by atoms with van der Waals surface area (Å²) >= 11 is 0. The predicted octanol–water partition coefficient (Wildman–Crippen LogP) is 3.22. The number of oxazole rings is 1. The number of hydrogen-bond donors (Lipinski definition) is 1. The van der Waals surface area contributed by atoms with Crippen molar-refractivity contribution in [2.24, 2.45) is 0 Å². The number of nitrogens with zero attached hydrogens (tertiary/aromatic N) is 2. The first-order valence-corrected chi connectivity index (χ1v) is 7.76. The fourth-order valence-corrected chi connectivity index (χ4v) is 3.09. The van der Waals surface area contributed by atoms with Crippen molar-refractivity contribution in [2.75, 3.05) is 6.54 Å². The Morgan fingerprint density at radius 3 is 3.09 bits per heavy atom. The molecule has 2 atom stereocenters. The van der Waals surface area contributed by atoms with Crippen LogP contribution in [0.3, 0.4) is 0 Å². The molecule has 0 aliphatic carbocycles. The van der Waals surface area contributed by atoms with Crippen molar-refractivity contribution in [3.05, 3.63) is 42.2 Å². The number of likely N-dealkylation sites (tertiary alicyclic amines) is 1. The molecule has 1 saturated heterocycles. The van der Waals surface area contributed by atoms with E-state index in [-0.39, 0.29) is 18.0 Å². The van der Waals surface area contributed by atoms with Crippen LogP contribution in [0.25, 0.3) is 11.3 Å². The Labute approximate surface area is 129 Å². The molecule has 1 aromatic carbocycles. The van der Waals surface area contributed by atoms with E-state index in [1.54, 1.807) is 18.3 Å². The minimum atomic E-state index is -0.363. The Morgan fingerprint density at radius 1 is 1.45 bits per heavy atom. The minimum Gasteiger partial charge on any atom is -0.439 e. The molecule has 0 amide bonds. The van der Waals surface area contributed by atoms with Gasteiger partial charge in [-0.3, -0.25) is 4.90 Å². The van der Waals surface area contributed by atoms with Gasteiger partial charge in [-0.15, -0.1) is 0 Å². The Morgan fingerprint density at radius 2 is 2.32 bits per heavy atom. The summed E-state index contributed by atoms with van der Waals surface area (Å²) in [5, 5.41) is 9.90. The molecule has 4 nitrogen and oxygen atoms in total. The molecule has 1 aromatic heterocycles. The summed E-state index contributed by atoms with van der Waals surface area (Å²) in [6.45, 7) is 3.34. The fraction of sp³-hybridized carbons (Fsp3) is 0.471. The topological polar surface area (TPSA) is 49.5 Å². The molecule has 0 saturated carbocycles. The van der Waals surface area contributed by atoms with Crippen molar-refractivity contribution in [3.63, 3.8) is 0 Å². The molecule has 1 aliphatic heterocycles. The molecule has 3 rings (SSSR count). The van der Waals surface area contributed by atoms with E-state index < -0.39 is 0 Å². The van der Waals surface area contributed by atoms with Gasteiger partial charge < -0.3 is 9.52 Å². The summed E-state index contributed by atoms with van der Waals surface area (Å²) in [4.78, 5) is 6.52. The molecule has 1 aliphatic rings. The van der Waals surface area contributed by atoms with E-state index in [2.05, 4.69) is 9.88 Å². The van der Waals surface area contributed by atoms with Gasteiger partial charge in [0, 0.05) is 11.6 Å². The van der Waals surface area contributed by atoms with E-state index in [4.69, 9.17) is 4.42 Å². The van der Waals surface area contributed by atoms with Gasteiger partial charge in [0.05, 0.1) is 18.8 Å².